The molecule has 5 atom stereocenters. The van der Waals surface area contributed by atoms with E-state index < -0.39 is 47.9 Å². The fourth-order valence-electron chi connectivity index (χ4n) is 2.19. The summed E-state index contributed by atoms with van der Waals surface area (Å²) in [6.07, 6.45) is -5.97. The maximum atomic E-state index is 14.4. The monoisotopic (exact) mass is 428 g/mol. The second-order valence-electron chi connectivity index (χ2n) is 4.75. The van der Waals surface area contributed by atoms with Crippen molar-refractivity contribution < 1.29 is 23.8 Å². The van der Waals surface area contributed by atoms with Crippen LogP contribution in [-0.2, 0) is 14.3 Å². The van der Waals surface area contributed by atoms with Crippen LogP contribution in [0.1, 0.15) is 13.2 Å². The number of nitrogens with zero attached hydrogens (tertiary/aromatic N) is 1. The van der Waals surface area contributed by atoms with Crippen LogP contribution in [-0.4, -0.2) is 49.5 Å². The number of aromatic amines is 1. The highest BCUT2D eigenvalue weighted by Crippen LogP contribution is 2.32. The first kappa shape index (κ1) is 17.1. The maximum Gasteiger partial charge on any atom is 0.330 e. The summed E-state index contributed by atoms with van der Waals surface area (Å²) in [4.78, 5) is 36.1. The molecule has 0 saturated carbocycles. The molecule has 0 radical (unpaired) electrons. The van der Waals surface area contributed by atoms with Gasteiger partial charge in [-0.2, -0.15) is 0 Å². The highest BCUT2D eigenvalue weighted by Gasteiger charge is 2.48. The number of halogens is 2. The summed E-state index contributed by atoms with van der Waals surface area (Å²) in [5.41, 5.74) is -1.45. The van der Waals surface area contributed by atoms with E-state index in [1.165, 1.54) is 0 Å². The Morgan fingerprint density at radius 1 is 1.59 bits per heavy atom. The van der Waals surface area contributed by atoms with Crippen molar-refractivity contribution in [3.05, 3.63) is 33.1 Å². The standard InChI is InChI=1S/C12H14FIN2O6/c1-5(17)21-10-8(13)9(19)6(4-14)22-11(10)16-3-2-7(18)15-12(16)20/h2-3,6,8-11,19H,4H2,1H3,(H,15,18,20)/t6-,8+,9-,10-,11-/m1/s1. The van der Waals surface area contributed by atoms with Crippen molar-refractivity contribution in [2.75, 3.05) is 4.43 Å². The number of hydrogen-bond donors (Lipinski definition) is 2. The molecule has 1 saturated heterocycles. The van der Waals surface area contributed by atoms with Crippen LogP contribution < -0.4 is 11.2 Å². The van der Waals surface area contributed by atoms with E-state index in [9.17, 15) is 23.9 Å². The Bertz CT molecular complexity index is 662. The predicted octanol–water partition coefficient (Wildman–Crippen LogP) is -0.500. The minimum atomic E-state index is -1.93. The Morgan fingerprint density at radius 3 is 2.82 bits per heavy atom. The molecule has 10 heteroatoms. The van der Waals surface area contributed by atoms with Crippen molar-refractivity contribution in [1.82, 2.24) is 9.55 Å². The van der Waals surface area contributed by atoms with E-state index in [1.807, 2.05) is 27.6 Å². The van der Waals surface area contributed by atoms with Gasteiger partial charge in [-0.25, -0.2) is 9.18 Å². The molecule has 0 spiro atoms. The summed E-state index contributed by atoms with van der Waals surface area (Å²) in [5.74, 6) is -0.779. The Hall–Kier alpha value is -1.27. The van der Waals surface area contributed by atoms with E-state index >= 15 is 0 Å². The molecule has 2 rings (SSSR count). The maximum absolute atomic E-state index is 14.4. The van der Waals surface area contributed by atoms with Crippen molar-refractivity contribution in [3.8, 4) is 0 Å². The number of esters is 1. The summed E-state index contributed by atoms with van der Waals surface area (Å²) >= 11 is 1.90. The van der Waals surface area contributed by atoms with Crippen molar-refractivity contribution in [1.29, 1.82) is 0 Å². The minimum absolute atomic E-state index is 0.265. The number of carbonyl (C=O) groups excluding carboxylic acids is 1. The third kappa shape index (κ3) is 3.38. The van der Waals surface area contributed by atoms with Crippen LogP contribution in [0.25, 0.3) is 0 Å². The van der Waals surface area contributed by atoms with Gasteiger partial charge in [0, 0.05) is 23.6 Å². The quantitative estimate of drug-likeness (QED) is 0.382. The van der Waals surface area contributed by atoms with Gasteiger partial charge in [-0.3, -0.25) is 19.1 Å². The first-order valence-corrected chi connectivity index (χ1v) is 7.90. The number of aliphatic hydroxyl groups is 1. The van der Waals surface area contributed by atoms with Gasteiger partial charge in [-0.15, -0.1) is 0 Å². The molecule has 0 bridgehead atoms. The number of aliphatic hydroxyl groups excluding tert-OH is 1. The van der Waals surface area contributed by atoms with Crippen molar-refractivity contribution in [2.45, 2.75) is 37.6 Å². The number of ether oxygens (including phenoxy) is 2. The average molecular weight is 428 g/mol. The molecule has 0 aromatic carbocycles. The second kappa shape index (κ2) is 6.87. The summed E-state index contributed by atoms with van der Waals surface area (Å²) in [6, 6.07) is 1.06. The highest BCUT2D eigenvalue weighted by atomic mass is 127. The lowest BCUT2D eigenvalue weighted by Crippen LogP contribution is -2.57. The normalized spacial score (nSPS) is 31.7. The number of H-pyrrole nitrogens is 1. The van der Waals surface area contributed by atoms with Gasteiger partial charge in [0.1, 0.15) is 6.10 Å². The molecule has 2 heterocycles. The third-order valence-corrected chi connectivity index (χ3v) is 4.06. The fourth-order valence-corrected chi connectivity index (χ4v) is 2.92. The second-order valence-corrected chi connectivity index (χ2v) is 5.63. The Balaban J connectivity index is 2.44. The zero-order valence-corrected chi connectivity index (χ0v) is 13.6. The van der Waals surface area contributed by atoms with Gasteiger partial charge in [-0.05, 0) is 0 Å². The van der Waals surface area contributed by atoms with Gasteiger partial charge >= 0.3 is 11.7 Å². The van der Waals surface area contributed by atoms with E-state index in [1.54, 1.807) is 0 Å². The van der Waals surface area contributed by atoms with Crippen LogP contribution in [0.2, 0.25) is 0 Å². The first-order chi connectivity index (χ1) is 10.3. The lowest BCUT2D eigenvalue weighted by molar-refractivity contribution is -0.233. The number of alkyl halides is 2. The van der Waals surface area contributed by atoms with Crippen LogP contribution >= 0.6 is 22.6 Å². The molecule has 8 nitrogen and oxygen atoms in total. The molecule has 2 N–H and O–H groups in total. The predicted molar refractivity (Wildman–Crippen MR) is 80.6 cm³/mol. The molecule has 122 valence electrons. The van der Waals surface area contributed by atoms with Crippen molar-refractivity contribution >= 4 is 28.6 Å². The number of nitrogens with one attached hydrogen (secondary N) is 1. The van der Waals surface area contributed by atoms with Crippen LogP contribution in [0, 0.1) is 0 Å². The van der Waals surface area contributed by atoms with Gasteiger partial charge in [0.2, 0.25) is 0 Å². The molecular weight excluding hydrogens is 414 g/mol. The van der Waals surface area contributed by atoms with Crippen LogP contribution in [0.3, 0.4) is 0 Å². The van der Waals surface area contributed by atoms with Gasteiger partial charge in [-0.1, -0.05) is 22.6 Å². The summed E-state index contributed by atoms with van der Waals surface area (Å²) < 4.78 is 25.9. The molecule has 1 aromatic rings. The van der Waals surface area contributed by atoms with E-state index in [0.717, 1.165) is 23.8 Å². The smallest absolute Gasteiger partial charge is 0.330 e. The largest absolute Gasteiger partial charge is 0.454 e. The highest BCUT2D eigenvalue weighted by molar-refractivity contribution is 14.1. The van der Waals surface area contributed by atoms with Gasteiger partial charge < -0.3 is 14.6 Å². The van der Waals surface area contributed by atoms with Crippen LogP contribution in [0.15, 0.2) is 21.9 Å². The lowest BCUT2D eigenvalue weighted by atomic mass is 10.00. The summed E-state index contributed by atoms with van der Waals surface area (Å²) in [6.45, 7) is 1.08. The van der Waals surface area contributed by atoms with E-state index in [4.69, 9.17) is 9.47 Å². The van der Waals surface area contributed by atoms with Gasteiger partial charge in [0.15, 0.2) is 18.5 Å². The number of aromatic nitrogens is 2. The van der Waals surface area contributed by atoms with E-state index in [-0.39, 0.29) is 4.43 Å². The Morgan fingerprint density at radius 2 is 2.27 bits per heavy atom. The molecule has 1 aromatic heterocycles. The molecule has 22 heavy (non-hydrogen) atoms. The third-order valence-electron chi connectivity index (χ3n) is 3.20. The fraction of sp³-hybridized carbons (Fsp3) is 0.583. The summed E-state index contributed by atoms with van der Waals surface area (Å²) in [5, 5.41) is 9.86. The zero-order valence-electron chi connectivity index (χ0n) is 11.4. The SMILES string of the molecule is CC(=O)O[C@@H]1[C@@H](F)[C@H](O)[C@@H](CI)O[C@H]1n1ccc(=O)[nH]c1=O. The van der Waals surface area contributed by atoms with Crippen LogP contribution in [0.5, 0.6) is 0 Å². The van der Waals surface area contributed by atoms with Crippen molar-refractivity contribution in [2.24, 2.45) is 0 Å². The molecular formula is C12H14FIN2O6. The molecule has 0 amide bonds. The number of hydrogen-bond acceptors (Lipinski definition) is 6. The average Bonchev–Trinajstić information content (AvgIpc) is 2.45. The lowest BCUT2D eigenvalue weighted by Gasteiger charge is -2.40. The summed E-state index contributed by atoms with van der Waals surface area (Å²) in [7, 11) is 0. The molecule has 1 fully saturated rings. The minimum Gasteiger partial charge on any atom is -0.454 e. The molecule has 0 aliphatic carbocycles. The van der Waals surface area contributed by atoms with Gasteiger partial charge in [0.05, 0.1) is 6.10 Å². The topological polar surface area (TPSA) is 111 Å². The number of rotatable bonds is 3. The first-order valence-electron chi connectivity index (χ1n) is 6.37. The zero-order chi connectivity index (χ0) is 16.4. The Labute approximate surface area is 137 Å². The van der Waals surface area contributed by atoms with E-state index in [2.05, 4.69) is 0 Å². The van der Waals surface area contributed by atoms with Gasteiger partial charge in [0.25, 0.3) is 5.56 Å². The van der Waals surface area contributed by atoms with E-state index in [0.29, 0.717) is 0 Å². The molecule has 1 aliphatic heterocycles. The van der Waals surface area contributed by atoms with Crippen molar-refractivity contribution in [3.63, 3.8) is 0 Å². The Kier molecular flexibility index (Phi) is 5.34. The van der Waals surface area contributed by atoms with Crippen LogP contribution in [0.4, 0.5) is 4.39 Å². The molecule has 1 aliphatic rings. The molecule has 0 unspecified atom stereocenters. The number of carbonyl (C=O) groups is 1.